The highest BCUT2D eigenvalue weighted by atomic mass is 16.4. The molecule has 1 unspecified atom stereocenters. The molecule has 0 aliphatic carbocycles. The summed E-state index contributed by atoms with van der Waals surface area (Å²) in [4.78, 5) is 11.2. The molecule has 0 amide bonds. The first-order valence-electron chi connectivity index (χ1n) is 10.6. The van der Waals surface area contributed by atoms with E-state index in [2.05, 4.69) is 19.9 Å². The molecule has 1 N–H and O–H groups in total. The van der Waals surface area contributed by atoms with Crippen molar-refractivity contribution in [2.75, 3.05) is 0 Å². The zero-order valence-corrected chi connectivity index (χ0v) is 16.4. The smallest absolute Gasteiger partial charge is 0.310 e. The van der Waals surface area contributed by atoms with Gasteiger partial charge in [0, 0.05) is 0 Å². The van der Waals surface area contributed by atoms with E-state index in [4.69, 9.17) is 0 Å². The molecule has 0 rings (SSSR count). The SMILES string of the molecule is CCCC/C=C/C(CCCCCCCCCCCCCC)C(=O)O. The second-order valence-electron chi connectivity index (χ2n) is 7.19. The van der Waals surface area contributed by atoms with Gasteiger partial charge in [-0.1, -0.05) is 116 Å². The molecule has 0 aliphatic rings. The van der Waals surface area contributed by atoms with Crippen molar-refractivity contribution in [3.63, 3.8) is 0 Å². The van der Waals surface area contributed by atoms with E-state index in [-0.39, 0.29) is 5.92 Å². The van der Waals surface area contributed by atoms with Gasteiger partial charge in [0.1, 0.15) is 0 Å². The Labute approximate surface area is 151 Å². The van der Waals surface area contributed by atoms with E-state index < -0.39 is 5.97 Å². The van der Waals surface area contributed by atoms with Crippen molar-refractivity contribution >= 4 is 5.97 Å². The molecule has 0 aromatic heterocycles. The van der Waals surface area contributed by atoms with Crippen LogP contribution in [0.4, 0.5) is 0 Å². The highest BCUT2D eigenvalue weighted by Gasteiger charge is 2.12. The van der Waals surface area contributed by atoms with Gasteiger partial charge in [-0.2, -0.15) is 0 Å². The van der Waals surface area contributed by atoms with Crippen molar-refractivity contribution in [1.82, 2.24) is 0 Å². The molecule has 0 saturated heterocycles. The summed E-state index contributed by atoms with van der Waals surface area (Å²) < 4.78 is 0. The Kier molecular flexibility index (Phi) is 17.9. The molecule has 2 heteroatoms. The Balaban J connectivity index is 3.45. The van der Waals surface area contributed by atoms with Gasteiger partial charge in [-0.05, 0) is 12.8 Å². The first kappa shape index (κ1) is 23.2. The minimum absolute atomic E-state index is 0.273. The number of carbonyl (C=O) groups is 1. The van der Waals surface area contributed by atoms with Crippen molar-refractivity contribution in [2.45, 2.75) is 117 Å². The van der Waals surface area contributed by atoms with Crippen LogP contribution >= 0.6 is 0 Å². The van der Waals surface area contributed by atoms with Crippen LogP contribution in [0.25, 0.3) is 0 Å². The van der Waals surface area contributed by atoms with Crippen LogP contribution < -0.4 is 0 Å². The van der Waals surface area contributed by atoms with Crippen LogP contribution in [-0.2, 0) is 4.79 Å². The maximum atomic E-state index is 11.2. The van der Waals surface area contributed by atoms with Crippen molar-refractivity contribution in [1.29, 1.82) is 0 Å². The van der Waals surface area contributed by atoms with Crippen molar-refractivity contribution in [3.8, 4) is 0 Å². The van der Waals surface area contributed by atoms with Crippen molar-refractivity contribution in [2.24, 2.45) is 5.92 Å². The van der Waals surface area contributed by atoms with E-state index in [9.17, 15) is 9.90 Å². The molecule has 1 atom stereocenters. The van der Waals surface area contributed by atoms with E-state index in [1.807, 2.05) is 6.08 Å². The molecule has 0 spiro atoms. The highest BCUT2D eigenvalue weighted by molar-refractivity contribution is 5.72. The normalized spacial score (nSPS) is 12.8. The number of hydrogen-bond acceptors (Lipinski definition) is 1. The fraction of sp³-hybridized carbons (Fsp3) is 0.864. The first-order valence-corrected chi connectivity index (χ1v) is 10.6. The molecule has 0 heterocycles. The number of allylic oxidation sites excluding steroid dienone is 1. The Morgan fingerprint density at radius 2 is 1.21 bits per heavy atom. The van der Waals surface area contributed by atoms with Gasteiger partial charge in [0.15, 0.2) is 0 Å². The first-order chi connectivity index (χ1) is 11.7. The lowest BCUT2D eigenvalue weighted by Crippen LogP contribution is -2.10. The van der Waals surface area contributed by atoms with Crippen LogP contribution in [0, 0.1) is 5.92 Å². The van der Waals surface area contributed by atoms with Crippen LogP contribution in [0.1, 0.15) is 117 Å². The third-order valence-electron chi connectivity index (χ3n) is 4.78. The summed E-state index contributed by atoms with van der Waals surface area (Å²) in [6, 6.07) is 0. The predicted octanol–water partition coefficient (Wildman–Crippen LogP) is 7.52. The van der Waals surface area contributed by atoms with E-state index in [1.54, 1.807) is 0 Å². The van der Waals surface area contributed by atoms with Gasteiger partial charge in [-0.15, -0.1) is 0 Å². The third-order valence-corrected chi connectivity index (χ3v) is 4.78. The quantitative estimate of drug-likeness (QED) is 0.207. The lowest BCUT2D eigenvalue weighted by atomic mass is 9.99. The lowest BCUT2D eigenvalue weighted by Gasteiger charge is -2.07. The average molecular weight is 339 g/mol. The zero-order valence-electron chi connectivity index (χ0n) is 16.4. The average Bonchev–Trinajstić information content (AvgIpc) is 2.57. The minimum Gasteiger partial charge on any atom is -0.481 e. The summed E-state index contributed by atoms with van der Waals surface area (Å²) in [6.45, 7) is 4.43. The number of carboxylic acid groups (broad SMARTS) is 1. The van der Waals surface area contributed by atoms with Gasteiger partial charge >= 0.3 is 5.97 Å². The van der Waals surface area contributed by atoms with E-state index >= 15 is 0 Å². The maximum Gasteiger partial charge on any atom is 0.310 e. The largest absolute Gasteiger partial charge is 0.481 e. The standard InChI is InChI=1S/C22H42O2/c1-3-5-7-9-10-11-12-13-14-15-16-18-20-21(22(23)24)19-17-8-6-4-2/h17,19,21H,3-16,18,20H2,1-2H3,(H,23,24)/b19-17+. The summed E-state index contributed by atoms with van der Waals surface area (Å²) in [7, 11) is 0. The fourth-order valence-corrected chi connectivity index (χ4v) is 3.09. The van der Waals surface area contributed by atoms with Gasteiger partial charge in [0.25, 0.3) is 0 Å². The van der Waals surface area contributed by atoms with Crippen LogP contribution in [-0.4, -0.2) is 11.1 Å². The number of aliphatic carboxylic acids is 1. The van der Waals surface area contributed by atoms with Gasteiger partial charge in [0.2, 0.25) is 0 Å². The zero-order chi connectivity index (χ0) is 17.9. The summed E-state index contributed by atoms with van der Waals surface area (Å²) in [5, 5.41) is 9.26. The summed E-state index contributed by atoms with van der Waals surface area (Å²) in [6.07, 6.45) is 24.0. The molecular formula is C22H42O2. The maximum absolute atomic E-state index is 11.2. The topological polar surface area (TPSA) is 37.3 Å². The summed E-state index contributed by atoms with van der Waals surface area (Å²) in [5.74, 6) is -0.934. The second kappa shape index (κ2) is 18.5. The van der Waals surface area contributed by atoms with Crippen LogP contribution in [0.3, 0.4) is 0 Å². The molecule has 142 valence electrons. The van der Waals surface area contributed by atoms with E-state index in [1.165, 1.54) is 77.0 Å². The van der Waals surface area contributed by atoms with Gasteiger partial charge in [-0.3, -0.25) is 4.79 Å². The third kappa shape index (κ3) is 16.1. The van der Waals surface area contributed by atoms with Crippen molar-refractivity contribution in [3.05, 3.63) is 12.2 Å². The van der Waals surface area contributed by atoms with E-state index in [0.717, 1.165) is 25.7 Å². The molecular weight excluding hydrogens is 296 g/mol. The second-order valence-corrected chi connectivity index (χ2v) is 7.19. The molecule has 0 aromatic carbocycles. The van der Waals surface area contributed by atoms with Gasteiger partial charge < -0.3 is 5.11 Å². The van der Waals surface area contributed by atoms with Crippen LogP contribution in [0.5, 0.6) is 0 Å². The Morgan fingerprint density at radius 3 is 1.67 bits per heavy atom. The number of unbranched alkanes of at least 4 members (excludes halogenated alkanes) is 13. The molecule has 0 bridgehead atoms. The summed E-state index contributed by atoms with van der Waals surface area (Å²) >= 11 is 0. The lowest BCUT2D eigenvalue weighted by molar-refractivity contribution is -0.140. The monoisotopic (exact) mass is 338 g/mol. The molecule has 0 aliphatic heterocycles. The Bertz CT molecular complexity index is 296. The molecule has 24 heavy (non-hydrogen) atoms. The highest BCUT2D eigenvalue weighted by Crippen LogP contribution is 2.16. The van der Waals surface area contributed by atoms with Gasteiger partial charge in [-0.25, -0.2) is 0 Å². The van der Waals surface area contributed by atoms with Gasteiger partial charge in [0.05, 0.1) is 5.92 Å². The summed E-state index contributed by atoms with van der Waals surface area (Å²) in [5.41, 5.74) is 0. The Hall–Kier alpha value is -0.790. The van der Waals surface area contributed by atoms with Crippen LogP contribution in [0.2, 0.25) is 0 Å². The molecule has 0 saturated carbocycles. The molecule has 2 nitrogen and oxygen atoms in total. The molecule has 0 radical (unpaired) electrons. The van der Waals surface area contributed by atoms with Crippen molar-refractivity contribution < 1.29 is 9.90 Å². The van der Waals surface area contributed by atoms with E-state index in [0.29, 0.717) is 0 Å². The predicted molar refractivity (Wildman–Crippen MR) is 105 cm³/mol. The minimum atomic E-state index is -0.661. The molecule has 0 aromatic rings. The number of rotatable bonds is 18. The Morgan fingerprint density at radius 1 is 0.750 bits per heavy atom. The van der Waals surface area contributed by atoms with Crippen LogP contribution in [0.15, 0.2) is 12.2 Å². The number of carboxylic acids is 1. The molecule has 0 fully saturated rings. The number of hydrogen-bond donors (Lipinski definition) is 1. The fourth-order valence-electron chi connectivity index (χ4n) is 3.09.